The number of methoxy groups -OCH3 is 3. The number of furan rings is 1. The highest BCUT2D eigenvalue weighted by Crippen LogP contribution is 2.37. The van der Waals surface area contributed by atoms with Crippen molar-refractivity contribution < 1.29 is 23.4 Å². The Morgan fingerprint density at radius 3 is 2.57 bits per heavy atom. The van der Waals surface area contributed by atoms with Crippen LogP contribution in [0.4, 0.5) is 0 Å². The number of nitrogens with zero attached hydrogens (tertiary/aromatic N) is 4. The molecule has 186 valence electrons. The first kappa shape index (κ1) is 22.9. The van der Waals surface area contributed by atoms with Gasteiger partial charge in [-0.2, -0.15) is 0 Å². The van der Waals surface area contributed by atoms with Gasteiger partial charge in [0.15, 0.2) is 5.76 Å². The fraction of sp³-hybridized carbons (Fsp3) is 0.148. The van der Waals surface area contributed by atoms with E-state index in [2.05, 4.69) is 21.1 Å². The lowest BCUT2D eigenvalue weighted by atomic mass is 10.1. The van der Waals surface area contributed by atoms with E-state index in [1.165, 1.54) is 11.3 Å². The van der Waals surface area contributed by atoms with E-state index in [-0.39, 0.29) is 0 Å². The average Bonchev–Trinajstić information content (AvgIpc) is 3.65. The van der Waals surface area contributed by atoms with E-state index in [1.54, 1.807) is 32.0 Å². The van der Waals surface area contributed by atoms with Crippen LogP contribution in [-0.2, 0) is 6.61 Å². The molecule has 0 N–H and O–H groups in total. The minimum absolute atomic E-state index is 0.358. The lowest BCUT2D eigenvalue weighted by molar-refractivity contribution is 0.307. The summed E-state index contributed by atoms with van der Waals surface area (Å²) < 4.78 is 29.9. The molecule has 4 aromatic heterocycles. The summed E-state index contributed by atoms with van der Waals surface area (Å²) in [5.41, 5.74) is 4.17. The monoisotopic (exact) mass is 514 g/mol. The molecule has 0 radical (unpaired) electrons. The second-order valence-corrected chi connectivity index (χ2v) is 9.06. The SMILES string of the molecule is COc1ccc(-c2cccc(COc3cc(OC)cc4oc(-c5cn6nc(OC)sc6n5)cc34)c2)nc1. The molecule has 0 aliphatic carbocycles. The van der Waals surface area contributed by atoms with E-state index in [4.69, 9.17) is 23.4 Å². The molecule has 6 aromatic rings. The number of benzene rings is 2. The maximum Gasteiger partial charge on any atom is 0.294 e. The van der Waals surface area contributed by atoms with Gasteiger partial charge >= 0.3 is 0 Å². The molecular weight excluding hydrogens is 492 g/mol. The van der Waals surface area contributed by atoms with Crippen LogP contribution >= 0.6 is 11.3 Å². The predicted octanol–water partition coefficient (Wildman–Crippen LogP) is 5.87. The summed E-state index contributed by atoms with van der Waals surface area (Å²) in [6, 6.07) is 17.5. The van der Waals surface area contributed by atoms with E-state index in [0.717, 1.165) is 28.0 Å². The molecule has 0 saturated carbocycles. The molecule has 0 fully saturated rings. The van der Waals surface area contributed by atoms with Crippen molar-refractivity contribution in [3.05, 3.63) is 72.6 Å². The van der Waals surface area contributed by atoms with Gasteiger partial charge in [0, 0.05) is 17.7 Å². The first-order valence-corrected chi connectivity index (χ1v) is 12.2. The highest BCUT2D eigenvalue weighted by Gasteiger charge is 2.17. The first-order chi connectivity index (χ1) is 18.1. The molecule has 6 rings (SSSR count). The van der Waals surface area contributed by atoms with Crippen molar-refractivity contribution in [3.63, 3.8) is 0 Å². The Morgan fingerprint density at radius 1 is 0.919 bits per heavy atom. The Kier molecular flexibility index (Phi) is 5.85. The second kappa shape index (κ2) is 9.47. The highest BCUT2D eigenvalue weighted by atomic mass is 32.1. The smallest absolute Gasteiger partial charge is 0.294 e. The van der Waals surface area contributed by atoms with Crippen molar-refractivity contribution in [1.29, 1.82) is 0 Å². The summed E-state index contributed by atoms with van der Waals surface area (Å²) in [6.07, 6.45) is 3.51. The van der Waals surface area contributed by atoms with Gasteiger partial charge in [0.25, 0.3) is 5.19 Å². The summed E-state index contributed by atoms with van der Waals surface area (Å²) in [5, 5.41) is 5.70. The molecule has 0 atom stereocenters. The van der Waals surface area contributed by atoms with E-state index in [9.17, 15) is 0 Å². The number of rotatable bonds is 8. The minimum atomic E-state index is 0.358. The molecule has 9 nitrogen and oxygen atoms in total. The molecule has 0 bridgehead atoms. The van der Waals surface area contributed by atoms with Crippen LogP contribution in [0.25, 0.3) is 38.6 Å². The number of hydrogen-bond acceptors (Lipinski definition) is 9. The van der Waals surface area contributed by atoms with Gasteiger partial charge in [-0.15, -0.1) is 5.10 Å². The number of hydrogen-bond donors (Lipinski definition) is 0. The minimum Gasteiger partial charge on any atom is -0.496 e. The van der Waals surface area contributed by atoms with Gasteiger partial charge in [0.1, 0.15) is 35.1 Å². The maximum atomic E-state index is 6.27. The van der Waals surface area contributed by atoms with Crippen molar-refractivity contribution in [1.82, 2.24) is 19.6 Å². The molecule has 0 spiro atoms. The summed E-state index contributed by atoms with van der Waals surface area (Å²) in [6.45, 7) is 0.358. The molecular formula is C27H22N4O5S. The molecule has 0 aliphatic heterocycles. The zero-order valence-electron chi connectivity index (χ0n) is 20.3. The summed E-state index contributed by atoms with van der Waals surface area (Å²) in [4.78, 5) is 9.82. The Labute approximate surface area is 215 Å². The molecule has 0 saturated heterocycles. The Balaban J connectivity index is 1.28. The predicted molar refractivity (Wildman–Crippen MR) is 140 cm³/mol. The van der Waals surface area contributed by atoms with E-state index in [0.29, 0.717) is 45.3 Å². The summed E-state index contributed by atoms with van der Waals surface area (Å²) in [5.74, 6) is 2.61. The number of ether oxygens (including phenoxy) is 4. The lowest BCUT2D eigenvalue weighted by Gasteiger charge is -2.10. The third kappa shape index (κ3) is 4.43. The molecule has 0 amide bonds. The van der Waals surface area contributed by atoms with Crippen LogP contribution in [0.15, 0.2) is 71.4 Å². The number of imidazole rings is 1. The van der Waals surface area contributed by atoms with Crippen LogP contribution < -0.4 is 18.9 Å². The van der Waals surface area contributed by atoms with Gasteiger partial charge < -0.3 is 23.4 Å². The van der Waals surface area contributed by atoms with Crippen LogP contribution in [0.2, 0.25) is 0 Å². The van der Waals surface area contributed by atoms with Crippen molar-refractivity contribution in [2.75, 3.05) is 21.3 Å². The summed E-state index contributed by atoms with van der Waals surface area (Å²) >= 11 is 1.36. The zero-order chi connectivity index (χ0) is 25.4. The van der Waals surface area contributed by atoms with Crippen molar-refractivity contribution >= 4 is 27.3 Å². The third-order valence-electron chi connectivity index (χ3n) is 5.85. The van der Waals surface area contributed by atoms with Gasteiger partial charge in [-0.25, -0.2) is 9.50 Å². The van der Waals surface area contributed by atoms with E-state index >= 15 is 0 Å². The van der Waals surface area contributed by atoms with Gasteiger partial charge in [-0.05, 0) is 41.2 Å². The van der Waals surface area contributed by atoms with Crippen molar-refractivity contribution in [2.24, 2.45) is 0 Å². The molecule has 4 heterocycles. The van der Waals surface area contributed by atoms with E-state index < -0.39 is 0 Å². The molecule has 0 unspecified atom stereocenters. The Hall–Kier alpha value is -4.57. The van der Waals surface area contributed by atoms with Crippen LogP contribution in [0, 0.1) is 0 Å². The summed E-state index contributed by atoms with van der Waals surface area (Å²) in [7, 11) is 4.82. The van der Waals surface area contributed by atoms with Crippen LogP contribution in [0.1, 0.15) is 5.56 Å². The Morgan fingerprint density at radius 2 is 1.81 bits per heavy atom. The average molecular weight is 515 g/mol. The standard InChI is InChI=1S/C27H22N4O5S/c1-32-18-7-8-21(28-13-18)17-6-4-5-16(9-17)15-35-23-10-19(33-2)11-24-20(23)12-25(36-24)22-14-31-26(29-22)37-27(30-31)34-3/h4-14H,15H2,1-3H3. The normalized spacial score (nSPS) is 11.2. The topological polar surface area (TPSA) is 93.1 Å². The van der Waals surface area contributed by atoms with Gasteiger partial charge in [-0.1, -0.05) is 18.2 Å². The third-order valence-corrected chi connectivity index (χ3v) is 6.73. The number of aromatic nitrogens is 4. The Bertz CT molecular complexity index is 1670. The molecule has 2 aromatic carbocycles. The van der Waals surface area contributed by atoms with Crippen LogP contribution in [0.3, 0.4) is 0 Å². The molecule has 0 aliphatic rings. The van der Waals surface area contributed by atoms with E-state index in [1.807, 2.05) is 54.7 Å². The fourth-order valence-corrected chi connectivity index (χ4v) is 4.68. The van der Waals surface area contributed by atoms with Gasteiger partial charge in [0.05, 0.1) is 44.8 Å². The highest BCUT2D eigenvalue weighted by molar-refractivity contribution is 7.18. The second-order valence-electron chi connectivity index (χ2n) is 8.15. The lowest BCUT2D eigenvalue weighted by Crippen LogP contribution is -1.97. The maximum absolute atomic E-state index is 6.27. The van der Waals surface area contributed by atoms with Crippen molar-refractivity contribution in [2.45, 2.75) is 6.61 Å². The van der Waals surface area contributed by atoms with Gasteiger partial charge in [-0.3, -0.25) is 4.98 Å². The fourth-order valence-electron chi connectivity index (χ4n) is 3.98. The zero-order valence-corrected chi connectivity index (χ0v) is 21.1. The largest absolute Gasteiger partial charge is 0.496 e. The van der Waals surface area contributed by atoms with Crippen LogP contribution in [0.5, 0.6) is 22.4 Å². The quantitative estimate of drug-likeness (QED) is 0.249. The first-order valence-electron chi connectivity index (χ1n) is 11.4. The molecule has 10 heteroatoms. The number of fused-ring (bicyclic) bond motifs is 2. The van der Waals surface area contributed by atoms with Crippen molar-refractivity contribution in [3.8, 4) is 45.2 Å². The number of pyridine rings is 1. The van der Waals surface area contributed by atoms with Gasteiger partial charge in [0.2, 0.25) is 4.96 Å². The van der Waals surface area contributed by atoms with Crippen LogP contribution in [-0.4, -0.2) is 40.9 Å². The molecule has 37 heavy (non-hydrogen) atoms.